The van der Waals surface area contributed by atoms with E-state index in [4.69, 9.17) is 10.5 Å². The molecule has 126 valence electrons. The van der Waals surface area contributed by atoms with E-state index in [2.05, 4.69) is 16.4 Å². The zero-order valence-electron chi connectivity index (χ0n) is 13.9. The molecule has 1 atom stereocenters. The number of nitrogens with two attached hydrogens (primary N) is 1. The summed E-state index contributed by atoms with van der Waals surface area (Å²) in [6.45, 7) is 0. The number of nitrogens with one attached hydrogen (secondary N) is 1. The van der Waals surface area contributed by atoms with Crippen molar-refractivity contribution in [2.45, 2.75) is 5.92 Å². The molecule has 0 aliphatic carbocycles. The van der Waals surface area contributed by atoms with E-state index < -0.39 is 0 Å². The zero-order valence-corrected chi connectivity index (χ0v) is 13.9. The summed E-state index contributed by atoms with van der Waals surface area (Å²) in [7, 11) is 0. The van der Waals surface area contributed by atoms with Crippen molar-refractivity contribution >= 4 is 11.4 Å². The molecule has 0 bridgehead atoms. The number of pyridine rings is 1. The Balaban J connectivity index is 1.76. The fourth-order valence-electron chi connectivity index (χ4n) is 3.11. The van der Waals surface area contributed by atoms with Gasteiger partial charge in [-0.1, -0.05) is 30.3 Å². The van der Waals surface area contributed by atoms with Crippen LogP contribution in [-0.2, 0) is 0 Å². The van der Waals surface area contributed by atoms with Crippen molar-refractivity contribution in [1.29, 1.82) is 5.26 Å². The van der Waals surface area contributed by atoms with Gasteiger partial charge in [0.25, 0.3) is 0 Å². The Bertz CT molecular complexity index is 1010. The number of hydrogen-bond donors (Lipinski definition) is 2. The Morgan fingerprint density at radius 3 is 2.62 bits per heavy atom. The maximum absolute atomic E-state index is 9.57. The second-order valence-electron chi connectivity index (χ2n) is 5.95. The Morgan fingerprint density at radius 2 is 1.88 bits per heavy atom. The van der Waals surface area contributed by atoms with Crippen LogP contribution in [-0.4, -0.2) is 4.98 Å². The average molecular weight is 340 g/mol. The predicted molar refractivity (Wildman–Crippen MR) is 99.7 cm³/mol. The molecule has 0 fully saturated rings. The molecule has 3 N–H and O–H groups in total. The number of anilines is 2. The van der Waals surface area contributed by atoms with Gasteiger partial charge >= 0.3 is 0 Å². The van der Waals surface area contributed by atoms with Crippen LogP contribution in [0.1, 0.15) is 17.0 Å². The van der Waals surface area contributed by atoms with E-state index in [1.807, 2.05) is 60.7 Å². The van der Waals surface area contributed by atoms with Crippen molar-refractivity contribution < 1.29 is 4.74 Å². The number of nitrogens with zero attached hydrogens (tertiary/aromatic N) is 2. The molecule has 2 heterocycles. The van der Waals surface area contributed by atoms with Crippen LogP contribution in [0.4, 0.5) is 11.4 Å². The van der Waals surface area contributed by atoms with Crippen molar-refractivity contribution in [3.63, 3.8) is 0 Å². The number of ether oxygens (including phenoxy) is 1. The topological polar surface area (TPSA) is 84.0 Å². The van der Waals surface area contributed by atoms with Gasteiger partial charge < -0.3 is 15.8 Å². The second-order valence-corrected chi connectivity index (χ2v) is 5.95. The highest BCUT2D eigenvalue weighted by Gasteiger charge is 2.30. The molecule has 5 heteroatoms. The molecule has 0 radical (unpaired) electrons. The van der Waals surface area contributed by atoms with Gasteiger partial charge in [0.05, 0.1) is 5.92 Å². The highest BCUT2D eigenvalue weighted by Crippen LogP contribution is 2.43. The van der Waals surface area contributed by atoms with Crippen LogP contribution in [0, 0.1) is 11.3 Å². The summed E-state index contributed by atoms with van der Waals surface area (Å²) in [5, 5.41) is 12.9. The maximum atomic E-state index is 9.57. The average Bonchev–Trinajstić information content (AvgIpc) is 2.68. The second kappa shape index (κ2) is 6.61. The summed E-state index contributed by atoms with van der Waals surface area (Å²) in [5.74, 6) is 0.477. The van der Waals surface area contributed by atoms with Gasteiger partial charge in [0, 0.05) is 35.4 Å². The SMILES string of the molecule is N#CC1=C(N)Oc2cc(Nc3ccccc3)ccc2[C@@H]1c1cccnc1. The summed E-state index contributed by atoms with van der Waals surface area (Å²) < 4.78 is 5.74. The molecule has 0 spiro atoms. The molecule has 0 saturated carbocycles. The highest BCUT2D eigenvalue weighted by atomic mass is 16.5. The van der Waals surface area contributed by atoms with E-state index in [9.17, 15) is 5.26 Å². The lowest BCUT2D eigenvalue weighted by atomic mass is 9.84. The van der Waals surface area contributed by atoms with Crippen molar-refractivity contribution in [3.05, 3.63) is 95.6 Å². The van der Waals surface area contributed by atoms with Crippen molar-refractivity contribution in [2.75, 3.05) is 5.32 Å². The molecule has 5 nitrogen and oxygen atoms in total. The number of allylic oxidation sites excluding steroid dienone is 1. The molecule has 1 aliphatic rings. The molecule has 0 unspecified atom stereocenters. The van der Waals surface area contributed by atoms with E-state index in [1.165, 1.54) is 0 Å². The van der Waals surface area contributed by atoms with Crippen LogP contribution in [0.15, 0.2) is 84.5 Å². The lowest BCUT2D eigenvalue weighted by Gasteiger charge is -2.26. The summed E-state index contributed by atoms with van der Waals surface area (Å²) >= 11 is 0. The number of benzene rings is 2. The number of rotatable bonds is 3. The largest absolute Gasteiger partial charge is 0.440 e. The smallest absolute Gasteiger partial charge is 0.205 e. The van der Waals surface area contributed by atoms with Gasteiger partial charge in [-0.25, -0.2) is 0 Å². The molecule has 4 rings (SSSR count). The lowest BCUT2D eigenvalue weighted by molar-refractivity contribution is 0.394. The number of para-hydroxylation sites is 1. The van der Waals surface area contributed by atoms with E-state index in [0.29, 0.717) is 11.3 Å². The quantitative estimate of drug-likeness (QED) is 0.751. The van der Waals surface area contributed by atoms with Gasteiger partial charge in [0.1, 0.15) is 17.4 Å². The summed E-state index contributed by atoms with van der Waals surface area (Å²) in [6.07, 6.45) is 3.45. The first-order chi connectivity index (χ1) is 12.8. The third kappa shape index (κ3) is 2.85. The number of hydrogen-bond acceptors (Lipinski definition) is 5. The summed E-state index contributed by atoms with van der Waals surface area (Å²) in [5.41, 5.74) is 10.1. The Hall–Kier alpha value is -3.78. The molecule has 1 aliphatic heterocycles. The minimum atomic E-state index is -0.289. The molecular weight excluding hydrogens is 324 g/mol. The van der Waals surface area contributed by atoms with Gasteiger partial charge in [-0.3, -0.25) is 4.98 Å². The number of fused-ring (bicyclic) bond motifs is 1. The third-order valence-corrected chi connectivity index (χ3v) is 4.30. The van der Waals surface area contributed by atoms with Gasteiger partial charge in [0.15, 0.2) is 0 Å². The zero-order chi connectivity index (χ0) is 17.9. The van der Waals surface area contributed by atoms with Gasteiger partial charge in [0.2, 0.25) is 5.88 Å². The normalized spacial score (nSPS) is 15.6. The molecule has 0 saturated heterocycles. The van der Waals surface area contributed by atoms with E-state index in [0.717, 1.165) is 22.5 Å². The minimum absolute atomic E-state index is 0.130. The van der Waals surface area contributed by atoms with Crippen molar-refractivity contribution in [3.8, 4) is 11.8 Å². The minimum Gasteiger partial charge on any atom is -0.440 e. The van der Waals surface area contributed by atoms with E-state index in [1.54, 1.807) is 12.4 Å². The van der Waals surface area contributed by atoms with Gasteiger partial charge in [-0.05, 0) is 29.8 Å². The summed E-state index contributed by atoms with van der Waals surface area (Å²) in [6, 6.07) is 21.7. The third-order valence-electron chi connectivity index (χ3n) is 4.30. The number of aromatic nitrogens is 1. The molecule has 26 heavy (non-hydrogen) atoms. The number of nitriles is 1. The fraction of sp³-hybridized carbons (Fsp3) is 0.0476. The first kappa shape index (κ1) is 15.7. The summed E-state index contributed by atoms with van der Waals surface area (Å²) in [4.78, 5) is 4.17. The molecule has 3 aromatic rings. The van der Waals surface area contributed by atoms with Crippen LogP contribution in [0.5, 0.6) is 5.75 Å². The van der Waals surface area contributed by atoms with Crippen molar-refractivity contribution in [2.24, 2.45) is 5.73 Å². The standard InChI is InChI=1S/C21H16N4O/c22-12-18-20(14-5-4-10-24-13-14)17-9-8-16(11-19(17)26-21(18)23)25-15-6-2-1-3-7-15/h1-11,13,20,25H,23H2/t20-/m0/s1. The highest BCUT2D eigenvalue weighted by molar-refractivity contribution is 5.65. The van der Waals surface area contributed by atoms with E-state index >= 15 is 0 Å². The van der Waals surface area contributed by atoms with Crippen LogP contribution in [0.3, 0.4) is 0 Å². The monoisotopic (exact) mass is 340 g/mol. The molecule has 0 amide bonds. The van der Waals surface area contributed by atoms with Gasteiger partial charge in [-0.2, -0.15) is 5.26 Å². The van der Waals surface area contributed by atoms with Crippen LogP contribution >= 0.6 is 0 Å². The van der Waals surface area contributed by atoms with Crippen LogP contribution < -0.4 is 15.8 Å². The molecule has 1 aromatic heterocycles. The van der Waals surface area contributed by atoms with Crippen molar-refractivity contribution in [1.82, 2.24) is 4.98 Å². The predicted octanol–water partition coefficient (Wildman–Crippen LogP) is 4.04. The Kier molecular flexibility index (Phi) is 4.00. The first-order valence-corrected chi connectivity index (χ1v) is 8.20. The molecule has 2 aromatic carbocycles. The Morgan fingerprint density at radius 1 is 1.04 bits per heavy atom. The fourth-order valence-corrected chi connectivity index (χ4v) is 3.11. The van der Waals surface area contributed by atoms with Crippen LogP contribution in [0.25, 0.3) is 0 Å². The maximum Gasteiger partial charge on any atom is 0.205 e. The van der Waals surface area contributed by atoms with Gasteiger partial charge in [-0.15, -0.1) is 0 Å². The lowest BCUT2D eigenvalue weighted by Crippen LogP contribution is -2.21. The molecular formula is C21H16N4O. The Labute approximate surface area is 151 Å². The van der Waals surface area contributed by atoms with E-state index in [-0.39, 0.29) is 11.8 Å². The first-order valence-electron chi connectivity index (χ1n) is 8.20. The van der Waals surface area contributed by atoms with Crippen LogP contribution in [0.2, 0.25) is 0 Å².